The number of rotatable bonds is 4. The predicted molar refractivity (Wildman–Crippen MR) is 74.7 cm³/mol. The van der Waals surface area contributed by atoms with Crippen LogP contribution in [0.4, 0.5) is 0 Å². The van der Waals surface area contributed by atoms with Crippen molar-refractivity contribution in [2.45, 2.75) is 19.4 Å². The van der Waals surface area contributed by atoms with E-state index in [-0.39, 0.29) is 12.0 Å². The summed E-state index contributed by atoms with van der Waals surface area (Å²) in [5.41, 5.74) is 1.21. The molecule has 20 heavy (non-hydrogen) atoms. The van der Waals surface area contributed by atoms with Crippen LogP contribution >= 0.6 is 0 Å². The van der Waals surface area contributed by atoms with E-state index in [1.165, 1.54) is 0 Å². The zero-order valence-corrected chi connectivity index (χ0v) is 10.7. The van der Waals surface area contributed by atoms with Gasteiger partial charge in [0.05, 0.1) is 6.20 Å². The number of hydrogen-bond donors (Lipinski definition) is 2. The van der Waals surface area contributed by atoms with Gasteiger partial charge in [0.25, 0.3) is 5.56 Å². The van der Waals surface area contributed by atoms with Gasteiger partial charge in [-0.3, -0.25) is 9.59 Å². The standard InChI is InChI=1S/C14H13N3O3/c18-12(19)6-3-7-17-11-5-2-1-4-9(11)10-8-15-16-14(20)13(10)17/h1-2,4-5,8H,3,6-7H2,(H,16,20)(H,18,19). The Kier molecular flexibility index (Phi) is 2.98. The SMILES string of the molecule is O=C(O)CCCn1c2ccccc2c2cn[nH]c(=O)c21. The first-order valence-electron chi connectivity index (χ1n) is 6.35. The summed E-state index contributed by atoms with van der Waals surface area (Å²) in [5.74, 6) is -0.832. The smallest absolute Gasteiger partial charge is 0.303 e. The lowest BCUT2D eigenvalue weighted by molar-refractivity contribution is -0.137. The minimum Gasteiger partial charge on any atom is -0.481 e. The van der Waals surface area contributed by atoms with Crippen LogP contribution in [0.1, 0.15) is 12.8 Å². The van der Waals surface area contributed by atoms with Crippen molar-refractivity contribution in [1.82, 2.24) is 14.8 Å². The van der Waals surface area contributed by atoms with Gasteiger partial charge in [0.2, 0.25) is 0 Å². The fourth-order valence-corrected chi connectivity index (χ4v) is 2.53. The van der Waals surface area contributed by atoms with Crippen LogP contribution in [0.25, 0.3) is 21.8 Å². The molecule has 0 bridgehead atoms. The Morgan fingerprint density at radius 1 is 1.30 bits per heavy atom. The molecule has 102 valence electrons. The van der Waals surface area contributed by atoms with E-state index in [0.29, 0.717) is 18.5 Å². The number of aromatic nitrogens is 3. The highest BCUT2D eigenvalue weighted by Crippen LogP contribution is 2.26. The van der Waals surface area contributed by atoms with Crippen molar-refractivity contribution >= 4 is 27.8 Å². The lowest BCUT2D eigenvalue weighted by Gasteiger charge is -2.05. The van der Waals surface area contributed by atoms with E-state index in [9.17, 15) is 9.59 Å². The third kappa shape index (κ3) is 1.95. The number of aliphatic carboxylic acids is 1. The largest absolute Gasteiger partial charge is 0.481 e. The van der Waals surface area contributed by atoms with E-state index in [1.54, 1.807) is 6.20 Å². The maximum absolute atomic E-state index is 12.0. The normalized spacial score (nSPS) is 11.2. The number of carboxylic acids is 1. The van der Waals surface area contributed by atoms with Gasteiger partial charge in [-0.15, -0.1) is 0 Å². The van der Waals surface area contributed by atoms with Crippen LogP contribution in [0, 0.1) is 0 Å². The number of nitrogens with zero attached hydrogens (tertiary/aromatic N) is 2. The first-order valence-corrected chi connectivity index (χ1v) is 6.35. The highest BCUT2D eigenvalue weighted by atomic mass is 16.4. The van der Waals surface area contributed by atoms with Gasteiger partial charge in [0.1, 0.15) is 5.52 Å². The summed E-state index contributed by atoms with van der Waals surface area (Å²) in [7, 11) is 0. The van der Waals surface area contributed by atoms with Crippen LogP contribution < -0.4 is 5.56 Å². The van der Waals surface area contributed by atoms with E-state index in [4.69, 9.17) is 5.11 Å². The van der Waals surface area contributed by atoms with E-state index >= 15 is 0 Å². The zero-order valence-electron chi connectivity index (χ0n) is 10.7. The molecule has 0 saturated carbocycles. The Morgan fingerprint density at radius 3 is 2.90 bits per heavy atom. The quantitative estimate of drug-likeness (QED) is 0.756. The third-order valence-electron chi connectivity index (χ3n) is 3.36. The average Bonchev–Trinajstić information content (AvgIpc) is 2.75. The van der Waals surface area contributed by atoms with Gasteiger partial charge in [0, 0.05) is 29.3 Å². The maximum atomic E-state index is 12.0. The van der Waals surface area contributed by atoms with Gasteiger partial charge in [-0.2, -0.15) is 5.10 Å². The molecule has 0 atom stereocenters. The van der Waals surface area contributed by atoms with E-state index < -0.39 is 5.97 Å². The molecule has 0 radical (unpaired) electrons. The minimum atomic E-state index is -0.832. The molecule has 2 heterocycles. The average molecular weight is 271 g/mol. The predicted octanol–water partition coefficient (Wildman–Crippen LogP) is 1.74. The number of para-hydroxylation sites is 1. The number of hydrogen-bond acceptors (Lipinski definition) is 3. The van der Waals surface area contributed by atoms with Crippen molar-refractivity contribution in [3.63, 3.8) is 0 Å². The number of aromatic amines is 1. The first-order chi connectivity index (χ1) is 9.68. The number of fused-ring (bicyclic) bond motifs is 3. The molecule has 0 unspecified atom stereocenters. The Hall–Kier alpha value is -2.63. The highest BCUT2D eigenvalue weighted by molar-refractivity contribution is 6.07. The number of H-pyrrole nitrogens is 1. The lowest BCUT2D eigenvalue weighted by Crippen LogP contribution is -2.12. The lowest BCUT2D eigenvalue weighted by atomic mass is 10.2. The molecule has 0 aliphatic rings. The monoisotopic (exact) mass is 271 g/mol. The van der Waals surface area contributed by atoms with Crippen molar-refractivity contribution in [3.05, 3.63) is 40.8 Å². The minimum absolute atomic E-state index is 0.0803. The van der Waals surface area contributed by atoms with Crippen molar-refractivity contribution in [2.24, 2.45) is 0 Å². The number of benzene rings is 1. The summed E-state index contributed by atoms with van der Waals surface area (Å²) in [6.45, 7) is 0.489. The molecular weight excluding hydrogens is 258 g/mol. The third-order valence-corrected chi connectivity index (χ3v) is 3.36. The van der Waals surface area contributed by atoms with Crippen molar-refractivity contribution in [2.75, 3.05) is 0 Å². The topological polar surface area (TPSA) is 88.0 Å². The van der Waals surface area contributed by atoms with E-state index in [1.807, 2.05) is 28.8 Å². The Bertz CT molecular complexity index is 848. The molecule has 0 aliphatic carbocycles. The number of carboxylic acid groups (broad SMARTS) is 1. The van der Waals surface area contributed by atoms with E-state index in [0.717, 1.165) is 16.3 Å². The molecule has 3 rings (SSSR count). The Balaban J connectivity index is 2.20. The molecular formula is C14H13N3O3. The number of carbonyl (C=O) groups is 1. The molecule has 2 aromatic heterocycles. The van der Waals surface area contributed by atoms with Crippen LogP contribution in [0.2, 0.25) is 0 Å². The summed E-state index contributed by atoms with van der Waals surface area (Å²) < 4.78 is 1.87. The molecule has 1 aromatic carbocycles. The molecule has 6 nitrogen and oxygen atoms in total. The van der Waals surface area contributed by atoms with Gasteiger partial charge < -0.3 is 9.67 Å². The Morgan fingerprint density at radius 2 is 2.10 bits per heavy atom. The van der Waals surface area contributed by atoms with Gasteiger partial charge >= 0.3 is 5.97 Å². The van der Waals surface area contributed by atoms with Gasteiger partial charge in [-0.25, -0.2) is 5.10 Å². The number of aryl methyl sites for hydroxylation is 1. The van der Waals surface area contributed by atoms with Crippen LogP contribution in [-0.2, 0) is 11.3 Å². The second kappa shape index (κ2) is 4.80. The van der Waals surface area contributed by atoms with E-state index in [2.05, 4.69) is 10.2 Å². The summed E-state index contributed by atoms with van der Waals surface area (Å²) in [6.07, 6.45) is 2.19. The summed E-state index contributed by atoms with van der Waals surface area (Å²) in [6, 6.07) is 7.67. The fourth-order valence-electron chi connectivity index (χ4n) is 2.53. The molecule has 6 heteroatoms. The fraction of sp³-hybridized carbons (Fsp3) is 0.214. The van der Waals surface area contributed by atoms with Crippen LogP contribution in [-0.4, -0.2) is 25.8 Å². The summed E-state index contributed by atoms with van der Waals surface area (Å²) >= 11 is 0. The van der Waals surface area contributed by atoms with Gasteiger partial charge in [0.15, 0.2) is 0 Å². The number of nitrogens with one attached hydrogen (secondary N) is 1. The van der Waals surface area contributed by atoms with Crippen LogP contribution in [0.3, 0.4) is 0 Å². The molecule has 2 N–H and O–H groups in total. The second-order valence-electron chi connectivity index (χ2n) is 4.63. The maximum Gasteiger partial charge on any atom is 0.303 e. The van der Waals surface area contributed by atoms with Crippen molar-refractivity contribution in [1.29, 1.82) is 0 Å². The van der Waals surface area contributed by atoms with Crippen LogP contribution in [0.5, 0.6) is 0 Å². The molecule has 0 saturated heterocycles. The molecule has 3 aromatic rings. The van der Waals surface area contributed by atoms with Gasteiger partial charge in [-0.05, 0) is 12.5 Å². The summed E-state index contributed by atoms with van der Waals surface area (Å²) in [4.78, 5) is 22.6. The first kappa shape index (κ1) is 12.4. The molecule has 0 aliphatic heterocycles. The van der Waals surface area contributed by atoms with Crippen molar-refractivity contribution in [3.8, 4) is 0 Å². The van der Waals surface area contributed by atoms with Crippen molar-refractivity contribution < 1.29 is 9.90 Å². The molecule has 0 fully saturated rings. The summed E-state index contributed by atoms with van der Waals surface area (Å²) in [5, 5.41) is 16.8. The Labute approximate surface area is 113 Å². The zero-order chi connectivity index (χ0) is 14.1. The highest BCUT2D eigenvalue weighted by Gasteiger charge is 2.13. The van der Waals surface area contributed by atoms with Crippen LogP contribution in [0.15, 0.2) is 35.3 Å². The second-order valence-corrected chi connectivity index (χ2v) is 4.63. The molecule has 0 amide bonds. The molecule has 0 spiro atoms. The van der Waals surface area contributed by atoms with Gasteiger partial charge in [-0.1, -0.05) is 18.2 Å².